The van der Waals surface area contributed by atoms with Gasteiger partial charge in [-0.1, -0.05) is 54.6 Å². The number of aryl methyl sites for hydroxylation is 3. The van der Waals surface area contributed by atoms with Crippen molar-refractivity contribution >= 4 is 52.7 Å². The molecule has 0 heterocycles. The maximum absolute atomic E-state index is 13.7. The molecule has 6 radical (unpaired) electrons. The van der Waals surface area contributed by atoms with Crippen molar-refractivity contribution in [3.8, 4) is 0 Å². The standard InChI is InChI=1S/C24H27O4PSi3/c1-16-10-7-13-22(19(16)4)30-26-29(25,27-31-23-14-8-11-17(2)20(23)5)28-32-24-15-9-12-18(3)21(24)6/h7-15H,1-6H3. The summed E-state index contributed by atoms with van der Waals surface area (Å²) in [7, 11) is -4.17. The zero-order valence-electron chi connectivity index (χ0n) is 19.3. The number of hydrogen-bond donors (Lipinski definition) is 0. The Kier molecular flexibility index (Phi) is 8.63. The molecule has 3 rings (SSSR count). The lowest BCUT2D eigenvalue weighted by Crippen LogP contribution is -2.27. The normalized spacial score (nSPS) is 11.7. The molecule has 0 bridgehead atoms. The van der Waals surface area contributed by atoms with Gasteiger partial charge in [0.25, 0.3) is 29.3 Å². The summed E-state index contributed by atoms with van der Waals surface area (Å²) in [4.78, 5) is 0. The van der Waals surface area contributed by atoms with E-state index in [1.54, 1.807) is 0 Å². The van der Waals surface area contributed by atoms with Crippen molar-refractivity contribution in [2.75, 3.05) is 0 Å². The van der Waals surface area contributed by atoms with Gasteiger partial charge >= 0.3 is 7.82 Å². The predicted molar refractivity (Wildman–Crippen MR) is 135 cm³/mol. The average Bonchev–Trinajstić information content (AvgIpc) is 2.77. The lowest BCUT2D eigenvalue weighted by Gasteiger charge is -2.20. The summed E-state index contributed by atoms with van der Waals surface area (Å²) < 4.78 is 31.3. The molecule has 0 unspecified atom stereocenters. The van der Waals surface area contributed by atoms with E-state index in [2.05, 4.69) is 39.0 Å². The van der Waals surface area contributed by atoms with E-state index in [1.165, 1.54) is 16.7 Å². The highest BCUT2D eigenvalue weighted by Crippen LogP contribution is 2.48. The molecule has 164 valence electrons. The van der Waals surface area contributed by atoms with Gasteiger partial charge in [0, 0.05) is 0 Å². The number of hydrogen-bond acceptors (Lipinski definition) is 4. The smallest absolute Gasteiger partial charge is 0.326 e. The molecule has 0 aliphatic heterocycles. The average molecular weight is 495 g/mol. The molecule has 0 aliphatic rings. The van der Waals surface area contributed by atoms with Crippen molar-refractivity contribution in [3.05, 3.63) is 88.0 Å². The van der Waals surface area contributed by atoms with Gasteiger partial charge in [-0.05, 0) is 90.5 Å². The minimum absolute atomic E-state index is 0.128. The summed E-state index contributed by atoms with van der Waals surface area (Å²) in [5, 5.41) is 3.01. The summed E-state index contributed by atoms with van der Waals surface area (Å²) in [6, 6.07) is 18.1. The Bertz CT molecular complexity index is 1010. The first-order chi connectivity index (χ1) is 15.2. The van der Waals surface area contributed by atoms with Crippen molar-refractivity contribution in [3.63, 3.8) is 0 Å². The first-order valence-electron chi connectivity index (χ1n) is 10.3. The topological polar surface area (TPSA) is 44.8 Å². The molecular weight excluding hydrogens is 467 g/mol. The zero-order valence-corrected chi connectivity index (χ0v) is 23.2. The number of phosphoric acid groups is 1. The quantitative estimate of drug-likeness (QED) is 0.335. The Labute approximate surface area is 199 Å². The predicted octanol–water partition coefficient (Wildman–Crippen LogP) is 3.83. The van der Waals surface area contributed by atoms with Crippen LogP contribution in [0.2, 0.25) is 0 Å². The molecule has 0 spiro atoms. The van der Waals surface area contributed by atoms with Crippen LogP contribution in [0.5, 0.6) is 0 Å². The van der Waals surface area contributed by atoms with E-state index in [1.807, 2.05) is 57.2 Å². The van der Waals surface area contributed by atoms with E-state index in [0.29, 0.717) is 0 Å². The fraction of sp³-hybridized carbons (Fsp3) is 0.250. The van der Waals surface area contributed by atoms with E-state index in [4.69, 9.17) is 12.6 Å². The third-order valence-corrected chi connectivity index (χ3v) is 11.7. The number of rotatable bonds is 9. The van der Waals surface area contributed by atoms with E-state index in [-0.39, 0.29) is 29.3 Å². The zero-order chi connectivity index (χ0) is 23.3. The fourth-order valence-corrected chi connectivity index (χ4v) is 8.47. The van der Waals surface area contributed by atoms with Crippen LogP contribution in [-0.2, 0) is 17.2 Å². The Morgan fingerprint density at radius 3 is 1.09 bits per heavy atom. The maximum atomic E-state index is 13.7. The summed E-state index contributed by atoms with van der Waals surface area (Å²) in [6.07, 6.45) is 0. The largest absolute Gasteiger partial charge is 0.445 e. The molecule has 0 aromatic heterocycles. The third kappa shape index (κ3) is 6.26. The Morgan fingerprint density at radius 1 is 0.531 bits per heavy atom. The Morgan fingerprint density at radius 2 is 0.812 bits per heavy atom. The van der Waals surface area contributed by atoms with Gasteiger partial charge in [-0.25, -0.2) is 4.57 Å². The molecule has 0 atom stereocenters. The van der Waals surface area contributed by atoms with Crippen molar-refractivity contribution in [2.45, 2.75) is 41.5 Å². The van der Waals surface area contributed by atoms with Crippen LogP contribution >= 0.6 is 7.82 Å². The molecule has 3 aromatic rings. The van der Waals surface area contributed by atoms with Gasteiger partial charge in [0.15, 0.2) is 0 Å². The minimum Gasteiger partial charge on any atom is -0.326 e. The van der Waals surface area contributed by atoms with Crippen LogP contribution in [0.3, 0.4) is 0 Å². The van der Waals surface area contributed by atoms with Crippen LogP contribution in [0.4, 0.5) is 0 Å². The van der Waals surface area contributed by atoms with Gasteiger partial charge in [-0.15, -0.1) is 0 Å². The molecule has 0 N–H and O–H groups in total. The van der Waals surface area contributed by atoms with Crippen LogP contribution in [0.25, 0.3) is 0 Å². The first kappa shape index (κ1) is 25.1. The van der Waals surface area contributed by atoms with Gasteiger partial charge in [-0.3, -0.25) is 0 Å². The van der Waals surface area contributed by atoms with Crippen LogP contribution in [0.15, 0.2) is 54.6 Å². The molecule has 3 aromatic carbocycles. The van der Waals surface area contributed by atoms with E-state index in [0.717, 1.165) is 32.3 Å². The molecule has 0 amide bonds. The SMILES string of the molecule is Cc1cccc([Si]OP(=O)(O[Si]c2cccc(C)c2C)O[Si]c2cccc(C)c2C)c1C. The molecule has 32 heavy (non-hydrogen) atoms. The second-order valence-electron chi connectivity index (χ2n) is 7.77. The summed E-state index contributed by atoms with van der Waals surface area (Å²) in [6.45, 7) is 12.3. The minimum atomic E-state index is -3.78. The fourth-order valence-electron chi connectivity index (χ4n) is 2.96. The maximum Gasteiger partial charge on any atom is 0.445 e. The van der Waals surface area contributed by atoms with Crippen LogP contribution < -0.4 is 15.6 Å². The molecular formula is C24H27O4PSi3. The monoisotopic (exact) mass is 494 g/mol. The summed E-state index contributed by atoms with van der Waals surface area (Å²) >= 11 is 0. The van der Waals surface area contributed by atoms with Crippen LogP contribution in [0.1, 0.15) is 33.4 Å². The highest BCUT2D eigenvalue weighted by Gasteiger charge is 2.29. The van der Waals surface area contributed by atoms with Gasteiger partial charge in [-0.2, -0.15) is 0 Å². The lowest BCUT2D eigenvalue weighted by atomic mass is 10.1. The highest BCUT2D eigenvalue weighted by molar-refractivity contribution is 7.52. The van der Waals surface area contributed by atoms with Crippen molar-refractivity contribution in [1.29, 1.82) is 0 Å². The molecule has 0 saturated heterocycles. The van der Waals surface area contributed by atoms with Crippen molar-refractivity contribution in [2.24, 2.45) is 0 Å². The third-order valence-electron chi connectivity index (χ3n) is 5.62. The van der Waals surface area contributed by atoms with Crippen LogP contribution in [0, 0.1) is 41.5 Å². The van der Waals surface area contributed by atoms with E-state index in [9.17, 15) is 4.57 Å². The summed E-state index contributed by atoms with van der Waals surface area (Å²) in [5.41, 5.74) is 6.91. The molecule has 0 aliphatic carbocycles. The van der Waals surface area contributed by atoms with Crippen molar-refractivity contribution in [1.82, 2.24) is 0 Å². The lowest BCUT2D eigenvalue weighted by molar-refractivity contribution is 0.320. The highest BCUT2D eigenvalue weighted by atomic mass is 31.2. The Hall–Kier alpha value is -1.58. The second kappa shape index (κ2) is 11.0. The second-order valence-corrected chi connectivity index (χ2v) is 13.1. The van der Waals surface area contributed by atoms with Gasteiger partial charge in [0.05, 0.1) is 0 Å². The molecule has 0 saturated carbocycles. The van der Waals surface area contributed by atoms with Gasteiger partial charge in [0.2, 0.25) is 0 Å². The molecule has 4 nitrogen and oxygen atoms in total. The summed E-state index contributed by atoms with van der Waals surface area (Å²) in [5.74, 6) is 0. The van der Waals surface area contributed by atoms with Crippen molar-refractivity contribution < 1.29 is 17.2 Å². The Balaban J connectivity index is 1.80. The molecule has 8 heteroatoms. The van der Waals surface area contributed by atoms with Crippen LogP contribution in [-0.4, -0.2) is 29.3 Å². The number of benzene rings is 3. The molecule has 0 fully saturated rings. The van der Waals surface area contributed by atoms with Gasteiger partial charge in [0.1, 0.15) is 0 Å². The van der Waals surface area contributed by atoms with E-state index < -0.39 is 7.82 Å². The first-order valence-corrected chi connectivity index (χ1v) is 14.5. The van der Waals surface area contributed by atoms with E-state index >= 15 is 0 Å². The van der Waals surface area contributed by atoms with Gasteiger partial charge < -0.3 is 12.6 Å².